The van der Waals surface area contributed by atoms with Crippen LogP contribution < -0.4 is 4.72 Å². The molecule has 1 aromatic rings. The lowest BCUT2D eigenvalue weighted by Gasteiger charge is -2.38. The van der Waals surface area contributed by atoms with Gasteiger partial charge in [-0.3, -0.25) is 0 Å². The van der Waals surface area contributed by atoms with Crippen LogP contribution in [0.15, 0.2) is 23.1 Å². The molecule has 21 heavy (non-hydrogen) atoms. The minimum atomic E-state index is -4.72. The number of hydrogen-bond acceptors (Lipinski definition) is 3. The molecule has 118 valence electrons. The molecular formula is C13H16F3NO3S. The number of ether oxygens (including phenoxy) is 1. The van der Waals surface area contributed by atoms with Crippen molar-refractivity contribution in [2.75, 3.05) is 19.8 Å². The molecular weight excluding hydrogens is 307 g/mol. The number of hydrogen-bond donors (Lipinski definition) is 1. The molecule has 0 saturated carbocycles. The molecule has 1 saturated heterocycles. The smallest absolute Gasteiger partial charge is 0.380 e. The van der Waals surface area contributed by atoms with Crippen molar-refractivity contribution in [3.05, 3.63) is 29.3 Å². The van der Waals surface area contributed by atoms with Gasteiger partial charge in [0, 0.05) is 12.0 Å². The summed E-state index contributed by atoms with van der Waals surface area (Å²) in [5.74, 6) is 0. The van der Waals surface area contributed by atoms with Crippen molar-refractivity contribution >= 4 is 10.0 Å². The predicted molar refractivity (Wildman–Crippen MR) is 70.3 cm³/mol. The molecule has 1 aliphatic rings. The van der Waals surface area contributed by atoms with Crippen LogP contribution in [0.2, 0.25) is 0 Å². The monoisotopic (exact) mass is 323 g/mol. The van der Waals surface area contributed by atoms with E-state index in [4.69, 9.17) is 4.74 Å². The zero-order chi connectivity index (χ0) is 15.9. The summed E-state index contributed by atoms with van der Waals surface area (Å²) >= 11 is 0. The fourth-order valence-electron chi connectivity index (χ4n) is 2.00. The third-order valence-corrected chi connectivity index (χ3v) is 4.78. The Labute approximate surface area is 121 Å². The van der Waals surface area contributed by atoms with Gasteiger partial charge in [0.15, 0.2) is 0 Å². The molecule has 1 heterocycles. The average molecular weight is 323 g/mol. The Morgan fingerprint density at radius 2 is 1.95 bits per heavy atom. The van der Waals surface area contributed by atoms with E-state index in [9.17, 15) is 21.6 Å². The Bertz CT molecular complexity index is 637. The van der Waals surface area contributed by atoms with Crippen molar-refractivity contribution in [3.8, 4) is 0 Å². The lowest BCUT2D eigenvalue weighted by Crippen LogP contribution is -2.48. The van der Waals surface area contributed by atoms with Crippen LogP contribution in [-0.2, 0) is 20.9 Å². The van der Waals surface area contributed by atoms with Crippen LogP contribution in [0.4, 0.5) is 13.2 Å². The summed E-state index contributed by atoms with van der Waals surface area (Å²) in [6.07, 6.45) is -4.72. The summed E-state index contributed by atoms with van der Waals surface area (Å²) in [6, 6.07) is 3.17. The third kappa shape index (κ3) is 3.56. The maximum atomic E-state index is 13.0. The van der Waals surface area contributed by atoms with Crippen molar-refractivity contribution in [1.82, 2.24) is 4.72 Å². The van der Waals surface area contributed by atoms with Gasteiger partial charge in [-0.05, 0) is 19.1 Å². The number of benzene rings is 1. The number of nitrogens with one attached hydrogen (secondary N) is 1. The van der Waals surface area contributed by atoms with Crippen molar-refractivity contribution in [2.24, 2.45) is 5.41 Å². The SMILES string of the molecule is Cc1ccc(S(=O)(=O)NCC2(C)COC2)c(C(F)(F)F)c1. The highest BCUT2D eigenvalue weighted by molar-refractivity contribution is 7.89. The van der Waals surface area contributed by atoms with Gasteiger partial charge in [0.1, 0.15) is 0 Å². The summed E-state index contributed by atoms with van der Waals surface area (Å²) in [5.41, 5.74) is -1.17. The van der Waals surface area contributed by atoms with Gasteiger partial charge in [-0.25, -0.2) is 13.1 Å². The number of alkyl halides is 3. The Hall–Kier alpha value is -1.12. The predicted octanol–water partition coefficient (Wildman–Crippen LogP) is 2.33. The molecule has 0 amide bonds. The molecule has 0 atom stereocenters. The maximum Gasteiger partial charge on any atom is 0.417 e. The molecule has 0 bridgehead atoms. The summed E-state index contributed by atoms with van der Waals surface area (Å²) in [6.45, 7) is 4.09. The average Bonchev–Trinajstić information content (AvgIpc) is 2.33. The highest BCUT2D eigenvalue weighted by Gasteiger charge is 2.39. The van der Waals surface area contributed by atoms with E-state index in [1.54, 1.807) is 6.92 Å². The Morgan fingerprint density at radius 3 is 2.43 bits per heavy atom. The fraction of sp³-hybridized carbons (Fsp3) is 0.538. The van der Waals surface area contributed by atoms with Crippen LogP contribution in [-0.4, -0.2) is 28.2 Å². The topological polar surface area (TPSA) is 55.4 Å². The Kier molecular flexibility index (Phi) is 4.07. The van der Waals surface area contributed by atoms with Gasteiger partial charge in [0.05, 0.1) is 23.7 Å². The fourth-order valence-corrected chi connectivity index (χ4v) is 3.40. The lowest BCUT2D eigenvalue weighted by atomic mass is 9.89. The van der Waals surface area contributed by atoms with Gasteiger partial charge in [0.25, 0.3) is 0 Å². The van der Waals surface area contributed by atoms with Crippen LogP contribution in [0, 0.1) is 12.3 Å². The van der Waals surface area contributed by atoms with E-state index in [1.165, 1.54) is 13.0 Å². The van der Waals surface area contributed by atoms with E-state index in [0.29, 0.717) is 18.8 Å². The Morgan fingerprint density at radius 1 is 1.33 bits per heavy atom. The van der Waals surface area contributed by atoms with E-state index in [2.05, 4.69) is 4.72 Å². The van der Waals surface area contributed by atoms with Crippen LogP contribution in [0.1, 0.15) is 18.1 Å². The largest absolute Gasteiger partial charge is 0.417 e. The number of sulfonamides is 1. The zero-order valence-corrected chi connectivity index (χ0v) is 12.4. The van der Waals surface area contributed by atoms with Gasteiger partial charge < -0.3 is 4.74 Å². The van der Waals surface area contributed by atoms with Gasteiger partial charge in [-0.2, -0.15) is 13.2 Å². The van der Waals surface area contributed by atoms with Crippen molar-refractivity contribution in [2.45, 2.75) is 24.9 Å². The first-order valence-electron chi connectivity index (χ1n) is 6.29. The second-order valence-corrected chi connectivity index (χ2v) is 7.36. The molecule has 0 spiro atoms. The van der Waals surface area contributed by atoms with Crippen LogP contribution >= 0.6 is 0 Å². The van der Waals surface area contributed by atoms with E-state index >= 15 is 0 Å². The highest BCUT2D eigenvalue weighted by Crippen LogP contribution is 2.35. The highest BCUT2D eigenvalue weighted by atomic mass is 32.2. The summed E-state index contributed by atoms with van der Waals surface area (Å²) in [5, 5.41) is 0. The minimum absolute atomic E-state index is 0.0422. The van der Waals surface area contributed by atoms with Crippen molar-refractivity contribution < 1.29 is 26.3 Å². The zero-order valence-electron chi connectivity index (χ0n) is 11.6. The van der Waals surface area contributed by atoms with Gasteiger partial charge in [0.2, 0.25) is 10.0 Å². The molecule has 1 N–H and O–H groups in total. The molecule has 1 aliphatic heterocycles. The lowest BCUT2D eigenvalue weighted by molar-refractivity contribution is -0.139. The molecule has 4 nitrogen and oxygen atoms in total. The van der Waals surface area contributed by atoms with Gasteiger partial charge in [-0.15, -0.1) is 0 Å². The standard InChI is InChI=1S/C13H16F3NO3S/c1-9-3-4-11(10(5-9)13(14,15)16)21(18,19)17-6-12(2)7-20-8-12/h3-5,17H,6-8H2,1-2H3. The Balaban J connectivity index is 2.31. The first-order valence-corrected chi connectivity index (χ1v) is 7.77. The quantitative estimate of drug-likeness (QED) is 0.925. The minimum Gasteiger partial charge on any atom is -0.380 e. The van der Waals surface area contributed by atoms with Crippen molar-refractivity contribution in [1.29, 1.82) is 0 Å². The first-order chi connectivity index (χ1) is 9.54. The summed E-state index contributed by atoms with van der Waals surface area (Å²) in [7, 11) is -4.23. The third-order valence-electron chi connectivity index (χ3n) is 3.32. The number of rotatable bonds is 4. The van der Waals surface area contributed by atoms with Crippen molar-refractivity contribution in [3.63, 3.8) is 0 Å². The normalized spacial score (nSPS) is 18.3. The second kappa shape index (κ2) is 5.26. The number of halogens is 3. The molecule has 1 fully saturated rings. The van der Waals surface area contributed by atoms with Crippen LogP contribution in [0.5, 0.6) is 0 Å². The van der Waals surface area contributed by atoms with Crippen LogP contribution in [0.3, 0.4) is 0 Å². The van der Waals surface area contributed by atoms with E-state index in [0.717, 1.165) is 12.1 Å². The molecule has 8 heteroatoms. The molecule has 1 aromatic carbocycles. The van der Waals surface area contributed by atoms with Gasteiger partial charge in [-0.1, -0.05) is 18.6 Å². The van der Waals surface area contributed by atoms with Gasteiger partial charge >= 0.3 is 6.18 Å². The molecule has 0 aliphatic carbocycles. The van der Waals surface area contributed by atoms with E-state index in [-0.39, 0.29) is 12.0 Å². The summed E-state index contributed by atoms with van der Waals surface area (Å²) in [4.78, 5) is -0.746. The molecule has 0 radical (unpaired) electrons. The second-order valence-electron chi connectivity index (χ2n) is 5.63. The molecule has 0 unspecified atom stereocenters. The first kappa shape index (κ1) is 16.3. The van der Waals surface area contributed by atoms with E-state index in [1.807, 2.05) is 0 Å². The van der Waals surface area contributed by atoms with Crippen LogP contribution in [0.25, 0.3) is 0 Å². The van der Waals surface area contributed by atoms with E-state index < -0.39 is 26.7 Å². The number of aryl methyl sites for hydroxylation is 1. The molecule has 2 rings (SSSR count). The molecule has 0 aromatic heterocycles. The summed E-state index contributed by atoms with van der Waals surface area (Å²) < 4.78 is 70.5. The maximum absolute atomic E-state index is 13.0.